The van der Waals surface area contributed by atoms with E-state index in [0.717, 1.165) is 12.5 Å². The van der Waals surface area contributed by atoms with Crippen LogP contribution in [-0.2, 0) is 0 Å². The lowest BCUT2D eigenvalue weighted by atomic mass is 9.88. The molecule has 1 rings (SSSR count). The Morgan fingerprint density at radius 2 is 2.00 bits per heavy atom. The minimum Gasteiger partial charge on any atom is -0.330 e. The fraction of sp³-hybridized carbons (Fsp3) is 1.00. The smallest absolute Gasteiger partial charge is 0.0153 e. The maximum atomic E-state index is 5.61. The molecule has 0 amide bonds. The summed E-state index contributed by atoms with van der Waals surface area (Å²) in [6.45, 7) is 10.3. The summed E-state index contributed by atoms with van der Waals surface area (Å²) in [6.07, 6.45) is 3.97. The Bertz CT molecular complexity index is 148. The standard InChI is InChI=1S/C11H24N2/c1-4-5-6-11(2,3)13-8-10(7-12)9-13/h10H,4-9,12H2,1-3H3. The molecule has 0 saturated carbocycles. The zero-order valence-corrected chi connectivity index (χ0v) is 9.34. The Morgan fingerprint density at radius 3 is 2.46 bits per heavy atom. The van der Waals surface area contributed by atoms with Crippen LogP contribution in [0.1, 0.15) is 40.0 Å². The molecule has 0 spiro atoms. The number of likely N-dealkylation sites (tertiary alicyclic amines) is 1. The molecule has 2 nitrogen and oxygen atoms in total. The van der Waals surface area contributed by atoms with Gasteiger partial charge in [0.2, 0.25) is 0 Å². The van der Waals surface area contributed by atoms with Gasteiger partial charge >= 0.3 is 0 Å². The normalized spacial score (nSPS) is 20.3. The summed E-state index contributed by atoms with van der Waals surface area (Å²) in [6, 6.07) is 0. The molecule has 0 aromatic heterocycles. The highest BCUT2D eigenvalue weighted by Gasteiger charge is 2.35. The van der Waals surface area contributed by atoms with Gasteiger partial charge in [-0.15, -0.1) is 0 Å². The monoisotopic (exact) mass is 184 g/mol. The second-order valence-corrected chi connectivity index (χ2v) is 4.92. The van der Waals surface area contributed by atoms with E-state index >= 15 is 0 Å². The number of nitrogens with two attached hydrogens (primary N) is 1. The molecule has 0 aliphatic carbocycles. The highest BCUT2D eigenvalue weighted by atomic mass is 15.2. The molecule has 1 saturated heterocycles. The van der Waals surface area contributed by atoms with Gasteiger partial charge in [-0.2, -0.15) is 0 Å². The zero-order valence-electron chi connectivity index (χ0n) is 9.34. The van der Waals surface area contributed by atoms with Gasteiger partial charge in [-0.3, -0.25) is 4.90 Å². The molecule has 2 N–H and O–H groups in total. The minimum absolute atomic E-state index is 0.404. The van der Waals surface area contributed by atoms with E-state index in [4.69, 9.17) is 5.73 Å². The van der Waals surface area contributed by atoms with Crippen LogP contribution in [0, 0.1) is 5.92 Å². The highest BCUT2D eigenvalue weighted by Crippen LogP contribution is 2.28. The van der Waals surface area contributed by atoms with E-state index in [1.165, 1.54) is 32.4 Å². The van der Waals surface area contributed by atoms with Crippen molar-refractivity contribution in [1.82, 2.24) is 4.90 Å². The van der Waals surface area contributed by atoms with Crippen LogP contribution in [-0.4, -0.2) is 30.1 Å². The lowest BCUT2D eigenvalue weighted by Crippen LogP contribution is -2.58. The van der Waals surface area contributed by atoms with Crippen molar-refractivity contribution in [1.29, 1.82) is 0 Å². The van der Waals surface area contributed by atoms with Crippen LogP contribution in [0.5, 0.6) is 0 Å². The molecular weight excluding hydrogens is 160 g/mol. The van der Waals surface area contributed by atoms with Gasteiger partial charge in [0.15, 0.2) is 0 Å². The number of nitrogens with zero attached hydrogens (tertiary/aromatic N) is 1. The van der Waals surface area contributed by atoms with E-state index in [-0.39, 0.29) is 0 Å². The molecule has 0 aromatic rings. The Hall–Kier alpha value is -0.0800. The van der Waals surface area contributed by atoms with Crippen molar-refractivity contribution in [2.45, 2.75) is 45.6 Å². The number of hydrogen-bond donors (Lipinski definition) is 1. The van der Waals surface area contributed by atoms with Gasteiger partial charge < -0.3 is 5.73 Å². The molecule has 2 heteroatoms. The average Bonchev–Trinajstić information content (AvgIpc) is 1.98. The minimum atomic E-state index is 0.404. The predicted octanol–water partition coefficient (Wildman–Crippen LogP) is 1.85. The fourth-order valence-corrected chi connectivity index (χ4v) is 1.98. The third-order valence-corrected chi connectivity index (χ3v) is 3.29. The Labute approximate surface area is 82.5 Å². The summed E-state index contributed by atoms with van der Waals surface area (Å²) in [7, 11) is 0. The first-order valence-corrected chi connectivity index (χ1v) is 5.55. The summed E-state index contributed by atoms with van der Waals surface area (Å²) in [5.74, 6) is 0.765. The topological polar surface area (TPSA) is 29.3 Å². The molecular formula is C11H24N2. The number of hydrogen-bond acceptors (Lipinski definition) is 2. The van der Waals surface area contributed by atoms with Crippen LogP contribution in [0.3, 0.4) is 0 Å². The third kappa shape index (κ3) is 2.68. The molecule has 0 bridgehead atoms. The largest absolute Gasteiger partial charge is 0.330 e. The fourth-order valence-electron chi connectivity index (χ4n) is 1.98. The first-order chi connectivity index (χ1) is 6.10. The van der Waals surface area contributed by atoms with Crippen LogP contribution in [0.4, 0.5) is 0 Å². The predicted molar refractivity (Wildman–Crippen MR) is 57.7 cm³/mol. The number of rotatable bonds is 5. The molecule has 0 radical (unpaired) electrons. The van der Waals surface area contributed by atoms with Crippen LogP contribution in [0.15, 0.2) is 0 Å². The molecule has 1 fully saturated rings. The van der Waals surface area contributed by atoms with Crippen molar-refractivity contribution < 1.29 is 0 Å². The summed E-state index contributed by atoms with van der Waals surface area (Å²) in [5.41, 5.74) is 6.02. The van der Waals surface area contributed by atoms with E-state index in [1.807, 2.05) is 0 Å². The van der Waals surface area contributed by atoms with E-state index in [1.54, 1.807) is 0 Å². The van der Waals surface area contributed by atoms with Gasteiger partial charge in [0, 0.05) is 18.6 Å². The summed E-state index contributed by atoms with van der Waals surface area (Å²) in [4.78, 5) is 2.57. The van der Waals surface area contributed by atoms with Crippen LogP contribution < -0.4 is 5.73 Å². The summed E-state index contributed by atoms with van der Waals surface area (Å²) in [5, 5.41) is 0. The zero-order chi connectivity index (χ0) is 9.90. The van der Waals surface area contributed by atoms with E-state index in [9.17, 15) is 0 Å². The van der Waals surface area contributed by atoms with E-state index in [2.05, 4.69) is 25.7 Å². The second-order valence-electron chi connectivity index (χ2n) is 4.92. The molecule has 0 aromatic carbocycles. The number of unbranched alkanes of at least 4 members (excludes halogenated alkanes) is 1. The Morgan fingerprint density at radius 1 is 1.38 bits per heavy atom. The highest BCUT2D eigenvalue weighted by molar-refractivity contribution is 4.91. The first kappa shape index (κ1) is 11.0. The SMILES string of the molecule is CCCCC(C)(C)N1CC(CN)C1. The van der Waals surface area contributed by atoms with E-state index < -0.39 is 0 Å². The van der Waals surface area contributed by atoms with E-state index in [0.29, 0.717) is 5.54 Å². The average molecular weight is 184 g/mol. The van der Waals surface area contributed by atoms with Crippen molar-refractivity contribution in [3.8, 4) is 0 Å². The quantitative estimate of drug-likeness (QED) is 0.706. The summed E-state index contributed by atoms with van der Waals surface area (Å²) < 4.78 is 0. The lowest BCUT2D eigenvalue weighted by Gasteiger charge is -2.49. The van der Waals surface area contributed by atoms with Crippen molar-refractivity contribution in [3.63, 3.8) is 0 Å². The third-order valence-electron chi connectivity index (χ3n) is 3.29. The van der Waals surface area contributed by atoms with Crippen molar-refractivity contribution >= 4 is 0 Å². The van der Waals surface area contributed by atoms with Gasteiger partial charge in [0.25, 0.3) is 0 Å². The van der Waals surface area contributed by atoms with Gasteiger partial charge in [-0.1, -0.05) is 19.8 Å². The van der Waals surface area contributed by atoms with Gasteiger partial charge in [-0.25, -0.2) is 0 Å². The van der Waals surface area contributed by atoms with Crippen molar-refractivity contribution in [3.05, 3.63) is 0 Å². The molecule has 0 unspecified atom stereocenters. The molecule has 13 heavy (non-hydrogen) atoms. The maximum Gasteiger partial charge on any atom is 0.0153 e. The first-order valence-electron chi connectivity index (χ1n) is 5.55. The lowest BCUT2D eigenvalue weighted by molar-refractivity contribution is 0.00177. The van der Waals surface area contributed by atoms with Crippen molar-refractivity contribution in [2.24, 2.45) is 11.7 Å². The van der Waals surface area contributed by atoms with Gasteiger partial charge in [-0.05, 0) is 32.7 Å². The van der Waals surface area contributed by atoms with Gasteiger partial charge in [0.1, 0.15) is 0 Å². The van der Waals surface area contributed by atoms with Crippen molar-refractivity contribution in [2.75, 3.05) is 19.6 Å². The molecule has 1 aliphatic heterocycles. The molecule has 1 heterocycles. The van der Waals surface area contributed by atoms with Crippen LogP contribution in [0.2, 0.25) is 0 Å². The second kappa shape index (κ2) is 4.43. The van der Waals surface area contributed by atoms with Crippen LogP contribution >= 0.6 is 0 Å². The molecule has 78 valence electrons. The maximum absolute atomic E-state index is 5.61. The summed E-state index contributed by atoms with van der Waals surface area (Å²) >= 11 is 0. The van der Waals surface area contributed by atoms with Crippen LogP contribution in [0.25, 0.3) is 0 Å². The molecule has 1 aliphatic rings. The van der Waals surface area contributed by atoms with Gasteiger partial charge in [0.05, 0.1) is 0 Å². The Balaban J connectivity index is 2.26. The molecule has 0 atom stereocenters. The Kier molecular flexibility index (Phi) is 3.74.